The monoisotopic (exact) mass is 180 g/mol. The van der Waals surface area contributed by atoms with Gasteiger partial charge in [0.1, 0.15) is 18.5 Å². The SMILES string of the molecule is CC1(C)CC=CC=C1OCC1CO1. The van der Waals surface area contributed by atoms with Crippen LogP contribution in [0.15, 0.2) is 24.0 Å². The third kappa shape index (κ3) is 2.13. The van der Waals surface area contributed by atoms with Gasteiger partial charge in [0.25, 0.3) is 0 Å². The highest BCUT2D eigenvalue weighted by Gasteiger charge is 2.29. The van der Waals surface area contributed by atoms with Gasteiger partial charge in [-0.2, -0.15) is 0 Å². The molecule has 0 aromatic carbocycles. The summed E-state index contributed by atoms with van der Waals surface area (Å²) in [6.07, 6.45) is 7.72. The van der Waals surface area contributed by atoms with Crippen LogP contribution in [0.3, 0.4) is 0 Å². The van der Waals surface area contributed by atoms with Crippen LogP contribution in [-0.4, -0.2) is 19.3 Å². The molecule has 1 aliphatic heterocycles. The lowest BCUT2D eigenvalue weighted by atomic mass is 9.84. The van der Waals surface area contributed by atoms with E-state index in [1.165, 1.54) is 0 Å². The molecular formula is C11H16O2. The van der Waals surface area contributed by atoms with Crippen molar-refractivity contribution in [3.63, 3.8) is 0 Å². The number of hydrogen-bond donors (Lipinski definition) is 0. The van der Waals surface area contributed by atoms with Crippen LogP contribution in [0.2, 0.25) is 0 Å². The van der Waals surface area contributed by atoms with Gasteiger partial charge in [-0.1, -0.05) is 26.0 Å². The van der Waals surface area contributed by atoms with Crippen LogP contribution in [0.1, 0.15) is 20.3 Å². The second-order valence-electron chi connectivity index (χ2n) is 4.31. The second-order valence-corrected chi connectivity index (χ2v) is 4.31. The standard InChI is InChI=1S/C11H16O2/c1-11(2)6-4-3-5-10(11)13-8-9-7-12-9/h3-5,9H,6-8H2,1-2H3. The van der Waals surface area contributed by atoms with Gasteiger partial charge in [0, 0.05) is 5.41 Å². The Hall–Kier alpha value is -0.760. The van der Waals surface area contributed by atoms with E-state index in [1.54, 1.807) is 0 Å². The minimum atomic E-state index is 0.156. The predicted molar refractivity (Wildman–Crippen MR) is 51.3 cm³/mol. The first kappa shape index (κ1) is 8.82. The van der Waals surface area contributed by atoms with E-state index >= 15 is 0 Å². The minimum absolute atomic E-state index is 0.156. The molecule has 1 fully saturated rings. The zero-order valence-electron chi connectivity index (χ0n) is 8.25. The van der Waals surface area contributed by atoms with Crippen molar-refractivity contribution in [1.82, 2.24) is 0 Å². The van der Waals surface area contributed by atoms with Gasteiger partial charge in [0.15, 0.2) is 0 Å². The molecule has 1 atom stereocenters. The molecule has 0 amide bonds. The van der Waals surface area contributed by atoms with E-state index in [4.69, 9.17) is 9.47 Å². The van der Waals surface area contributed by atoms with E-state index in [-0.39, 0.29) is 5.41 Å². The van der Waals surface area contributed by atoms with Crippen molar-refractivity contribution in [2.45, 2.75) is 26.4 Å². The van der Waals surface area contributed by atoms with E-state index in [2.05, 4.69) is 32.1 Å². The van der Waals surface area contributed by atoms with E-state index < -0.39 is 0 Å². The number of allylic oxidation sites excluding steroid dienone is 4. The Labute approximate surface area is 79.2 Å². The summed E-state index contributed by atoms with van der Waals surface area (Å²) < 4.78 is 10.8. The molecule has 1 heterocycles. The van der Waals surface area contributed by atoms with Gasteiger partial charge in [-0.05, 0) is 12.5 Å². The molecule has 0 aromatic heterocycles. The highest BCUT2D eigenvalue weighted by Crippen LogP contribution is 2.34. The maximum Gasteiger partial charge on any atom is 0.116 e. The molecule has 0 bridgehead atoms. The van der Waals surface area contributed by atoms with Gasteiger partial charge < -0.3 is 9.47 Å². The van der Waals surface area contributed by atoms with Crippen molar-refractivity contribution in [2.24, 2.45) is 5.41 Å². The molecule has 2 heteroatoms. The Balaban J connectivity index is 1.93. The molecular weight excluding hydrogens is 164 g/mol. The third-order valence-electron chi connectivity index (χ3n) is 2.51. The van der Waals surface area contributed by atoms with Gasteiger partial charge in [0.2, 0.25) is 0 Å². The smallest absolute Gasteiger partial charge is 0.116 e. The van der Waals surface area contributed by atoms with E-state index in [1.807, 2.05) is 0 Å². The zero-order chi connectivity index (χ0) is 9.31. The summed E-state index contributed by atoms with van der Waals surface area (Å²) in [5.74, 6) is 1.09. The van der Waals surface area contributed by atoms with Gasteiger partial charge >= 0.3 is 0 Å². The molecule has 2 rings (SSSR count). The summed E-state index contributed by atoms with van der Waals surface area (Å²) in [5.41, 5.74) is 0.156. The molecule has 1 unspecified atom stereocenters. The fraction of sp³-hybridized carbons (Fsp3) is 0.636. The lowest BCUT2D eigenvalue weighted by molar-refractivity contribution is 0.126. The summed E-state index contributed by atoms with van der Waals surface area (Å²) in [6, 6.07) is 0. The van der Waals surface area contributed by atoms with Crippen molar-refractivity contribution in [1.29, 1.82) is 0 Å². The van der Waals surface area contributed by atoms with Gasteiger partial charge in [-0.15, -0.1) is 0 Å². The van der Waals surface area contributed by atoms with Crippen LogP contribution in [0, 0.1) is 5.41 Å². The van der Waals surface area contributed by atoms with Gasteiger partial charge in [-0.25, -0.2) is 0 Å². The summed E-state index contributed by atoms with van der Waals surface area (Å²) in [4.78, 5) is 0. The largest absolute Gasteiger partial charge is 0.495 e. The molecule has 72 valence electrons. The molecule has 2 aliphatic rings. The molecule has 2 nitrogen and oxygen atoms in total. The first-order valence-corrected chi connectivity index (χ1v) is 4.80. The first-order valence-electron chi connectivity index (χ1n) is 4.80. The fourth-order valence-corrected chi connectivity index (χ4v) is 1.43. The van der Waals surface area contributed by atoms with Gasteiger partial charge in [0.05, 0.1) is 6.61 Å². The fourth-order valence-electron chi connectivity index (χ4n) is 1.43. The Kier molecular flexibility index (Phi) is 2.16. The van der Waals surface area contributed by atoms with E-state index in [9.17, 15) is 0 Å². The van der Waals surface area contributed by atoms with Crippen LogP contribution >= 0.6 is 0 Å². The molecule has 0 aromatic rings. The number of epoxide rings is 1. The predicted octanol–water partition coefficient (Wildman–Crippen LogP) is 2.27. The molecule has 1 aliphatic carbocycles. The average Bonchev–Trinajstić information content (AvgIpc) is 2.85. The first-order chi connectivity index (χ1) is 6.18. The van der Waals surface area contributed by atoms with Crippen molar-refractivity contribution in [3.05, 3.63) is 24.0 Å². The summed E-state index contributed by atoms with van der Waals surface area (Å²) in [5, 5.41) is 0. The minimum Gasteiger partial charge on any atom is -0.495 e. The normalized spacial score (nSPS) is 29.7. The molecule has 0 saturated carbocycles. The van der Waals surface area contributed by atoms with Crippen LogP contribution in [0.4, 0.5) is 0 Å². The van der Waals surface area contributed by atoms with Crippen molar-refractivity contribution in [3.8, 4) is 0 Å². The average molecular weight is 180 g/mol. The number of ether oxygens (including phenoxy) is 2. The molecule has 13 heavy (non-hydrogen) atoms. The lowest BCUT2D eigenvalue weighted by Gasteiger charge is -2.28. The Morgan fingerprint density at radius 1 is 1.62 bits per heavy atom. The van der Waals surface area contributed by atoms with Crippen LogP contribution in [-0.2, 0) is 9.47 Å². The summed E-state index contributed by atoms with van der Waals surface area (Å²) in [7, 11) is 0. The highest BCUT2D eigenvalue weighted by molar-refractivity contribution is 5.20. The lowest BCUT2D eigenvalue weighted by Crippen LogP contribution is -2.19. The van der Waals surface area contributed by atoms with Gasteiger partial charge in [-0.3, -0.25) is 0 Å². The highest BCUT2D eigenvalue weighted by atomic mass is 16.6. The quantitative estimate of drug-likeness (QED) is 0.621. The van der Waals surface area contributed by atoms with Crippen molar-refractivity contribution in [2.75, 3.05) is 13.2 Å². The third-order valence-corrected chi connectivity index (χ3v) is 2.51. The molecule has 0 radical (unpaired) electrons. The van der Waals surface area contributed by atoms with E-state index in [0.717, 1.165) is 18.8 Å². The summed E-state index contributed by atoms with van der Waals surface area (Å²) >= 11 is 0. The molecule has 1 saturated heterocycles. The van der Waals surface area contributed by atoms with Crippen LogP contribution < -0.4 is 0 Å². The number of hydrogen-bond acceptors (Lipinski definition) is 2. The topological polar surface area (TPSA) is 21.8 Å². The van der Waals surface area contributed by atoms with Crippen molar-refractivity contribution < 1.29 is 9.47 Å². The Morgan fingerprint density at radius 3 is 3.00 bits per heavy atom. The van der Waals surface area contributed by atoms with E-state index in [0.29, 0.717) is 12.7 Å². The second kappa shape index (κ2) is 3.18. The maximum absolute atomic E-state index is 5.71. The number of rotatable bonds is 3. The molecule has 0 spiro atoms. The summed E-state index contributed by atoms with van der Waals surface area (Å²) in [6.45, 7) is 5.98. The molecule has 0 N–H and O–H groups in total. The Bertz CT molecular complexity index is 247. The Morgan fingerprint density at radius 2 is 2.38 bits per heavy atom. The van der Waals surface area contributed by atoms with Crippen LogP contribution in [0.25, 0.3) is 0 Å². The van der Waals surface area contributed by atoms with Crippen LogP contribution in [0.5, 0.6) is 0 Å². The zero-order valence-corrected chi connectivity index (χ0v) is 8.25. The van der Waals surface area contributed by atoms with Crippen molar-refractivity contribution >= 4 is 0 Å². The maximum atomic E-state index is 5.71.